The maximum atomic E-state index is 13.2. The number of anilines is 1. The van der Waals surface area contributed by atoms with Crippen LogP contribution in [0.4, 0.5) is 5.69 Å². The summed E-state index contributed by atoms with van der Waals surface area (Å²) in [5.74, 6) is 0.830. The predicted octanol–water partition coefficient (Wildman–Crippen LogP) is 4.46. The SMILES string of the molecule is Cc1cccc(/C=C2/Oc3ccccc3N(CC(=O)N[C@H]3CCCC[C@@H]3C)C2=O)c1. The Labute approximate surface area is 177 Å². The van der Waals surface area contributed by atoms with Gasteiger partial charge in [0.25, 0.3) is 5.91 Å². The monoisotopic (exact) mass is 404 g/mol. The largest absolute Gasteiger partial charge is 0.449 e. The lowest BCUT2D eigenvalue weighted by atomic mass is 9.86. The minimum atomic E-state index is -0.304. The number of fused-ring (bicyclic) bond motifs is 1. The number of amides is 2. The Balaban J connectivity index is 1.57. The highest BCUT2D eigenvalue weighted by Crippen LogP contribution is 2.35. The van der Waals surface area contributed by atoms with Crippen molar-refractivity contribution in [2.24, 2.45) is 5.92 Å². The molecule has 5 nitrogen and oxygen atoms in total. The summed E-state index contributed by atoms with van der Waals surface area (Å²) in [5.41, 5.74) is 2.61. The molecule has 0 bridgehead atoms. The predicted molar refractivity (Wildman–Crippen MR) is 118 cm³/mol. The number of rotatable bonds is 4. The lowest BCUT2D eigenvalue weighted by Gasteiger charge is -2.32. The molecule has 0 radical (unpaired) electrons. The van der Waals surface area contributed by atoms with Crippen LogP contribution in [0.3, 0.4) is 0 Å². The van der Waals surface area contributed by atoms with Gasteiger partial charge in [0, 0.05) is 6.04 Å². The van der Waals surface area contributed by atoms with Gasteiger partial charge < -0.3 is 10.1 Å². The molecule has 1 saturated carbocycles. The molecule has 2 amide bonds. The molecule has 5 heteroatoms. The average Bonchev–Trinajstić information content (AvgIpc) is 2.73. The van der Waals surface area contributed by atoms with E-state index < -0.39 is 0 Å². The standard InChI is InChI=1S/C25H28N2O3/c1-17-8-7-10-19(14-17)15-23-25(29)27(21-12-5-6-13-22(21)30-23)16-24(28)26-20-11-4-3-9-18(20)2/h5-8,10,12-15,18,20H,3-4,9,11,16H2,1-2H3,(H,26,28)/b23-15+/t18-,20-/m0/s1. The van der Waals surface area contributed by atoms with Crippen molar-refractivity contribution in [2.45, 2.75) is 45.6 Å². The van der Waals surface area contributed by atoms with Gasteiger partial charge >= 0.3 is 0 Å². The lowest BCUT2D eigenvalue weighted by Crippen LogP contribution is -2.48. The van der Waals surface area contributed by atoms with Gasteiger partial charge in [0.2, 0.25) is 5.91 Å². The molecule has 4 rings (SSSR count). The van der Waals surface area contributed by atoms with E-state index in [9.17, 15) is 9.59 Å². The number of carbonyl (C=O) groups excluding carboxylic acids is 2. The quantitative estimate of drug-likeness (QED) is 0.766. The van der Waals surface area contributed by atoms with Gasteiger partial charge in [-0.2, -0.15) is 0 Å². The molecule has 0 unspecified atom stereocenters. The number of nitrogens with zero attached hydrogens (tertiary/aromatic N) is 1. The fraction of sp³-hybridized carbons (Fsp3) is 0.360. The highest BCUT2D eigenvalue weighted by Gasteiger charge is 2.32. The Bertz CT molecular complexity index is 982. The van der Waals surface area contributed by atoms with E-state index >= 15 is 0 Å². The third-order valence-corrected chi connectivity index (χ3v) is 5.93. The molecule has 2 aromatic rings. The van der Waals surface area contributed by atoms with Gasteiger partial charge in [-0.3, -0.25) is 14.5 Å². The van der Waals surface area contributed by atoms with Crippen molar-refractivity contribution in [1.82, 2.24) is 5.32 Å². The van der Waals surface area contributed by atoms with E-state index in [0.717, 1.165) is 30.4 Å². The summed E-state index contributed by atoms with van der Waals surface area (Å²) in [6, 6.07) is 15.4. The van der Waals surface area contributed by atoms with Crippen molar-refractivity contribution in [2.75, 3.05) is 11.4 Å². The number of carbonyl (C=O) groups is 2. The van der Waals surface area contributed by atoms with Gasteiger partial charge in [0.15, 0.2) is 11.5 Å². The number of ether oxygens (including phenoxy) is 1. The van der Waals surface area contributed by atoms with Crippen molar-refractivity contribution in [3.8, 4) is 5.75 Å². The molecule has 2 atom stereocenters. The second-order valence-electron chi connectivity index (χ2n) is 8.32. The summed E-state index contributed by atoms with van der Waals surface area (Å²) in [6.07, 6.45) is 6.22. The van der Waals surface area contributed by atoms with Gasteiger partial charge in [0.1, 0.15) is 6.54 Å². The van der Waals surface area contributed by atoms with Crippen LogP contribution < -0.4 is 15.0 Å². The number of hydrogen-bond donors (Lipinski definition) is 1. The van der Waals surface area contributed by atoms with Gasteiger partial charge in [-0.05, 0) is 49.5 Å². The zero-order chi connectivity index (χ0) is 21.1. The first kappa shape index (κ1) is 20.2. The maximum absolute atomic E-state index is 13.2. The van der Waals surface area contributed by atoms with Crippen LogP contribution in [0.5, 0.6) is 5.75 Å². The smallest absolute Gasteiger partial charge is 0.294 e. The molecule has 1 aliphatic carbocycles. The molecule has 1 aliphatic heterocycles. The van der Waals surface area contributed by atoms with Crippen LogP contribution in [-0.4, -0.2) is 24.4 Å². The van der Waals surface area contributed by atoms with Crippen molar-refractivity contribution in [1.29, 1.82) is 0 Å². The molecule has 1 fully saturated rings. The van der Waals surface area contributed by atoms with Crippen LogP contribution in [0.25, 0.3) is 6.08 Å². The first-order chi connectivity index (χ1) is 14.5. The van der Waals surface area contributed by atoms with Gasteiger partial charge in [-0.25, -0.2) is 0 Å². The van der Waals surface area contributed by atoms with Crippen LogP contribution in [0.1, 0.15) is 43.7 Å². The highest BCUT2D eigenvalue weighted by atomic mass is 16.5. The topological polar surface area (TPSA) is 58.6 Å². The van der Waals surface area contributed by atoms with Gasteiger partial charge in [-0.15, -0.1) is 0 Å². The van der Waals surface area contributed by atoms with E-state index in [-0.39, 0.29) is 30.2 Å². The molecule has 2 aromatic carbocycles. The number of aryl methyl sites for hydroxylation is 1. The van der Waals surface area contributed by atoms with Crippen molar-refractivity contribution in [3.05, 3.63) is 65.4 Å². The zero-order valence-electron chi connectivity index (χ0n) is 17.6. The molecule has 1 N–H and O–H groups in total. The summed E-state index contributed by atoms with van der Waals surface area (Å²) in [4.78, 5) is 27.6. The molecule has 0 saturated heterocycles. The fourth-order valence-corrected chi connectivity index (χ4v) is 4.26. The number of para-hydroxylation sites is 2. The number of hydrogen-bond acceptors (Lipinski definition) is 3. The molecular weight excluding hydrogens is 376 g/mol. The molecule has 0 aromatic heterocycles. The second kappa shape index (κ2) is 8.74. The lowest BCUT2D eigenvalue weighted by molar-refractivity contribution is -0.124. The van der Waals surface area contributed by atoms with E-state index in [1.165, 1.54) is 11.3 Å². The van der Waals surface area contributed by atoms with Gasteiger partial charge in [0.05, 0.1) is 5.69 Å². The van der Waals surface area contributed by atoms with Crippen LogP contribution in [0, 0.1) is 12.8 Å². The Morgan fingerprint density at radius 2 is 1.97 bits per heavy atom. The van der Waals surface area contributed by atoms with E-state index in [4.69, 9.17) is 4.74 Å². The first-order valence-corrected chi connectivity index (χ1v) is 10.7. The molecule has 2 aliphatic rings. The fourth-order valence-electron chi connectivity index (χ4n) is 4.26. The Morgan fingerprint density at radius 3 is 2.77 bits per heavy atom. The minimum absolute atomic E-state index is 0.0203. The normalized spacial score (nSPS) is 22.4. The molecule has 0 spiro atoms. The summed E-state index contributed by atoms with van der Waals surface area (Å²) in [7, 11) is 0. The summed E-state index contributed by atoms with van der Waals surface area (Å²) >= 11 is 0. The molecule has 1 heterocycles. The summed E-state index contributed by atoms with van der Waals surface area (Å²) in [5, 5.41) is 3.15. The van der Waals surface area contributed by atoms with Crippen LogP contribution in [0.15, 0.2) is 54.3 Å². The summed E-state index contributed by atoms with van der Waals surface area (Å²) < 4.78 is 5.91. The van der Waals surface area contributed by atoms with E-state index in [1.807, 2.05) is 55.5 Å². The van der Waals surface area contributed by atoms with Crippen molar-refractivity contribution >= 4 is 23.6 Å². The second-order valence-corrected chi connectivity index (χ2v) is 8.32. The third-order valence-electron chi connectivity index (χ3n) is 5.93. The number of benzene rings is 2. The van der Waals surface area contributed by atoms with E-state index in [0.29, 0.717) is 17.4 Å². The van der Waals surface area contributed by atoms with Crippen molar-refractivity contribution in [3.63, 3.8) is 0 Å². The zero-order valence-corrected chi connectivity index (χ0v) is 17.6. The summed E-state index contributed by atoms with van der Waals surface area (Å²) in [6.45, 7) is 4.17. The van der Waals surface area contributed by atoms with E-state index in [2.05, 4.69) is 12.2 Å². The van der Waals surface area contributed by atoms with Gasteiger partial charge in [-0.1, -0.05) is 61.7 Å². The molecule has 156 valence electrons. The average molecular weight is 405 g/mol. The Hall–Kier alpha value is -3.08. The molecule has 30 heavy (non-hydrogen) atoms. The van der Waals surface area contributed by atoms with Crippen LogP contribution >= 0.6 is 0 Å². The van der Waals surface area contributed by atoms with Crippen molar-refractivity contribution < 1.29 is 14.3 Å². The maximum Gasteiger partial charge on any atom is 0.294 e. The van der Waals surface area contributed by atoms with Crippen LogP contribution in [-0.2, 0) is 9.59 Å². The first-order valence-electron chi connectivity index (χ1n) is 10.7. The van der Waals surface area contributed by atoms with E-state index in [1.54, 1.807) is 6.08 Å². The third kappa shape index (κ3) is 4.40. The Morgan fingerprint density at radius 1 is 1.17 bits per heavy atom. The number of nitrogens with one attached hydrogen (secondary N) is 1. The highest BCUT2D eigenvalue weighted by molar-refractivity contribution is 6.12. The Kier molecular flexibility index (Phi) is 5.88. The van der Waals surface area contributed by atoms with Crippen LogP contribution in [0.2, 0.25) is 0 Å². The minimum Gasteiger partial charge on any atom is -0.449 e. The molecular formula is C25H28N2O3.